The molecule has 1 atom stereocenters. The van der Waals surface area contributed by atoms with Gasteiger partial charge in [-0.15, -0.1) is 0 Å². The number of hydrogen-bond acceptors (Lipinski definition) is 3. The normalized spacial score (nSPS) is 19.1. The lowest BCUT2D eigenvalue weighted by Crippen LogP contribution is -2.45. The van der Waals surface area contributed by atoms with Gasteiger partial charge in [-0.25, -0.2) is 13.2 Å². The summed E-state index contributed by atoms with van der Waals surface area (Å²) in [5.41, 5.74) is -0.819. The Hall–Kier alpha value is -2.07. The molecule has 7 heteroatoms. The monoisotopic (exact) mass is 270 g/mol. The number of hydrogen-bond donors (Lipinski definition) is 0. The molecule has 0 radical (unpaired) electrons. The van der Waals surface area contributed by atoms with Crippen LogP contribution in [0.15, 0.2) is 12.1 Å². The highest BCUT2D eigenvalue weighted by Gasteiger charge is 2.28. The zero-order chi connectivity index (χ0) is 14.0. The Bertz CT molecular complexity index is 533. The first-order valence-corrected chi connectivity index (χ1v) is 5.48. The topological polar surface area (TPSA) is 53.3 Å². The average Bonchev–Trinajstić information content (AvgIpc) is 2.37. The van der Waals surface area contributed by atoms with Crippen molar-refractivity contribution in [3.8, 4) is 6.07 Å². The van der Waals surface area contributed by atoms with Crippen LogP contribution in [0.3, 0.4) is 0 Å². The van der Waals surface area contributed by atoms with Crippen molar-refractivity contribution in [2.75, 3.05) is 19.7 Å². The lowest BCUT2D eigenvalue weighted by molar-refractivity contribution is 0.00303. The summed E-state index contributed by atoms with van der Waals surface area (Å²) in [6, 6.07) is 2.70. The number of carbonyl (C=O) groups excluding carboxylic acids is 1. The largest absolute Gasteiger partial charge is 0.360 e. The summed E-state index contributed by atoms with van der Waals surface area (Å²) < 4.78 is 44.7. The van der Waals surface area contributed by atoms with Gasteiger partial charge in [0.05, 0.1) is 19.2 Å². The van der Waals surface area contributed by atoms with E-state index >= 15 is 0 Å². The minimum atomic E-state index is -1.26. The molecule has 4 nitrogen and oxygen atoms in total. The molecule has 1 heterocycles. The predicted molar refractivity (Wildman–Crippen MR) is 57.6 cm³/mol. The highest BCUT2D eigenvalue weighted by Crippen LogP contribution is 2.18. The van der Waals surface area contributed by atoms with Crippen molar-refractivity contribution in [2.24, 2.45) is 0 Å². The molecule has 1 aliphatic rings. The van der Waals surface area contributed by atoms with E-state index < -0.39 is 35.0 Å². The third kappa shape index (κ3) is 2.69. The van der Waals surface area contributed by atoms with Crippen molar-refractivity contribution in [1.82, 2.24) is 4.90 Å². The van der Waals surface area contributed by atoms with Crippen molar-refractivity contribution >= 4 is 5.91 Å². The number of nitriles is 1. The first-order valence-electron chi connectivity index (χ1n) is 5.48. The number of carbonyl (C=O) groups is 1. The number of rotatable bonds is 1. The quantitative estimate of drug-likeness (QED) is 0.776. The smallest absolute Gasteiger partial charge is 0.260 e. The van der Waals surface area contributed by atoms with E-state index in [0.717, 1.165) is 4.90 Å². The zero-order valence-electron chi connectivity index (χ0n) is 9.70. The number of halogens is 3. The summed E-state index contributed by atoms with van der Waals surface area (Å²) in [7, 11) is 0. The van der Waals surface area contributed by atoms with Gasteiger partial charge in [-0.1, -0.05) is 0 Å². The van der Waals surface area contributed by atoms with Gasteiger partial charge in [-0.05, 0) is 0 Å². The Labute approximate surface area is 107 Å². The second-order valence-electron chi connectivity index (χ2n) is 3.98. The van der Waals surface area contributed by atoms with Gasteiger partial charge < -0.3 is 9.64 Å². The van der Waals surface area contributed by atoms with Crippen molar-refractivity contribution in [3.63, 3.8) is 0 Å². The Morgan fingerprint density at radius 2 is 2.00 bits per heavy atom. The fourth-order valence-corrected chi connectivity index (χ4v) is 1.82. The molecule has 1 unspecified atom stereocenters. The highest BCUT2D eigenvalue weighted by molar-refractivity contribution is 5.94. The van der Waals surface area contributed by atoms with Crippen molar-refractivity contribution in [2.45, 2.75) is 6.10 Å². The van der Waals surface area contributed by atoms with Gasteiger partial charge in [-0.3, -0.25) is 4.79 Å². The maximum absolute atomic E-state index is 13.5. The third-order valence-corrected chi connectivity index (χ3v) is 2.72. The van der Waals surface area contributed by atoms with E-state index in [9.17, 15) is 18.0 Å². The molecule has 0 aromatic heterocycles. The second kappa shape index (κ2) is 5.28. The second-order valence-corrected chi connectivity index (χ2v) is 3.98. The van der Waals surface area contributed by atoms with Crippen LogP contribution in [-0.4, -0.2) is 36.6 Å². The maximum atomic E-state index is 13.5. The number of nitrogens with zero attached hydrogens (tertiary/aromatic N) is 2. The van der Waals surface area contributed by atoms with Crippen LogP contribution in [-0.2, 0) is 4.74 Å². The fraction of sp³-hybridized carbons (Fsp3) is 0.333. The van der Waals surface area contributed by atoms with E-state index in [1.165, 1.54) is 0 Å². The predicted octanol–water partition coefficient (Wildman–Crippen LogP) is 1.47. The van der Waals surface area contributed by atoms with Gasteiger partial charge in [-0.2, -0.15) is 5.26 Å². The number of benzene rings is 1. The number of ether oxygens (including phenoxy) is 1. The Balaban J connectivity index is 2.27. The van der Waals surface area contributed by atoms with Crippen LogP contribution in [0.4, 0.5) is 13.2 Å². The maximum Gasteiger partial charge on any atom is 0.260 e. The van der Waals surface area contributed by atoms with E-state index in [1.54, 1.807) is 0 Å². The molecule has 1 aliphatic heterocycles. The Kier molecular flexibility index (Phi) is 3.71. The Morgan fingerprint density at radius 1 is 1.37 bits per heavy atom. The van der Waals surface area contributed by atoms with E-state index in [2.05, 4.69) is 0 Å². The summed E-state index contributed by atoms with van der Waals surface area (Å²) in [4.78, 5) is 13.1. The van der Waals surface area contributed by atoms with Crippen LogP contribution in [0.2, 0.25) is 0 Å². The SMILES string of the molecule is N#CC1CN(C(=O)c2c(F)cc(F)cc2F)CCO1. The molecule has 1 saturated heterocycles. The fourth-order valence-electron chi connectivity index (χ4n) is 1.82. The summed E-state index contributed by atoms with van der Waals surface area (Å²) in [5, 5.41) is 8.70. The summed E-state index contributed by atoms with van der Waals surface area (Å²) in [6.07, 6.45) is -0.829. The van der Waals surface area contributed by atoms with Crippen molar-refractivity contribution in [1.29, 1.82) is 5.26 Å². The van der Waals surface area contributed by atoms with Gasteiger partial charge >= 0.3 is 0 Å². The molecule has 1 aromatic rings. The van der Waals surface area contributed by atoms with Crippen molar-refractivity contribution < 1.29 is 22.7 Å². The molecule has 0 saturated carbocycles. The van der Waals surface area contributed by atoms with Crippen molar-refractivity contribution in [3.05, 3.63) is 35.1 Å². The van der Waals surface area contributed by atoms with E-state index in [4.69, 9.17) is 10.00 Å². The van der Waals surface area contributed by atoms with Gasteiger partial charge in [0.15, 0.2) is 6.10 Å². The molecule has 0 aliphatic carbocycles. The molecule has 0 N–H and O–H groups in total. The molecular formula is C12H9F3N2O2. The van der Waals surface area contributed by atoms with Crippen LogP contribution >= 0.6 is 0 Å². The van der Waals surface area contributed by atoms with E-state index in [0.29, 0.717) is 12.1 Å². The van der Waals surface area contributed by atoms with Crippen LogP contribution in [0.1, 0.15) is 10.4 Å². The van der Waals surface area contributed by atoms with Gasteiger partial charge in [0.2, 0.25) is 0 Å². The van der Waals surface area contributed by atoms with E-state index in [1.807, 2.05) is 6.07 Å². The molecule has 19 heavy (non-hydrogen) atoms. The molecular weight excluding hydrogens is 261 g/mol. The lowest BCUT2D eigenvalue weighted by Gasteiger charge is -2.29. The molecule has 1 fully saturated rings. The molecule has 0 spiro atoms. The number of morpholine rings is 1. The standard InChI is InChI=1S/C12H9F3N2O2/c13-7-3-9(14)11(10(15)4-7)12(18)17-1-2-19-8(5-16)6-17/h3-4,8H,1-2,6H2. The van der Waals surface area contributed by atoms with Gasteiger partial charge in [0.25, 0.3) is 5.91 Å². The minimum absolute atomic E-state index is 0.0778. The first-order chi connectivity index (χ1) is 9.02. The summed E-state index contributed by atoms with van der Waals surface area (Å²) >= 11 is 0. The van der Waals surface area contributed by atoms with Crippen LogP contribution < -0.4 is 0 Å². The highest BCUT2D eigenvalue weighted by atomic mass is 19.1. The lowest BCUT2D eigenvalue weighted by atomic mass is 10.1. The first kappa shape index (κ1) is 13.4. The summed E-state index contributed by atoms with van der Waals surface area (Å²) in [5.74, 6) is -4.54. The van der Waals surface area contributed by atoms with Crippen LogP contribution in [0.25, 0.3) is 0 Å². The minimum Gasteiger partial charge on any atom is -0.360 e. The third-order valence-electron chi connectivity index (χ3n) is 2.72. The van der Waals surface area contributed by atoms with Crippen LogP contribution in [0, 0.1) is 28.8 Å². The molecule has 1 aromatic carbocycles. The molecule has 100 valence electrons. The Morgan fingerprint density at radius 3 is 2.58 bits per heavy atom. The van der Waals surface area contributed by atoms with Crippen LogP contribution in [0.5, 0.6) is 0 Å². The van der Waals surface area contributed by atoms with Gasteiger partial charge in [0, 0.05) is 18.7 Å². The zero-order valence-corrected chi connectivity index (χ0v) is 9.70. The van der Waals surface area contributed by atoms with E-state index in [-0.39, 0.29) is 19.7 Å². The molecule has 1 amide bonds. The van der Waals surface area contributed by atoms with Gasteiger partial charge in [0.1, 0.15) is 23.0 Å². The molecule has 0 bridgehead atoms. The number of amides is 1. The molecule has 2 rings (SSSR count). The summed E-state index contributed by atoms with van der Waals surface area (Å²) in [6.45, 7) is 0.146. The average molecular weight is 270 g/mol.